The number of nitrogens with two attached hydrogens (primary N) is 1. The van der Waals surface area contributed by atoms with Crippen LogP contribution in [0.25, 0.3) is 0 Å². The van der Waals surface area contributed by atoms with E-state index in [2.05, 4.69) is 0 Å². The van der Waals surface area contributed by atoms with Gasteiger partial charge in [-0.3, -0.25) is 0 Å². The van der Waals surface area contributed by atoms with Crippen LogP contribution in [0.3, 0.4) is 0 Å². The van der Waals surface area contributed by atoms with Crippen molar-refractivity contribution < 1.29 is 4.74 Å². The molecule has 72 valence electrons. The summed E-state index contributed by atoms with van der Waals surface area (Å²) in [5.41, 5.74) is 6.62. The first-order chi connectivity index (χ1) is 6.15. The molecule has 1 aromatic carbocycles. The van der Waals surface area contributed by atoms with Gasteiger partial charge in [-0.15, -0.1) is 0 Å². The standard InChI is InChI=1S/C9H11Cl2NO/c1-13-5-9(12)7-4-6(10)2-3-8(7)11/h2-4,9H,5,12H2,1H3/t9-/m0/s1. The van der Waals surface area contributed by atoms with Crippen LogP contribution >= 0.6 is 23.2 Å². The van der Waals surface area contributed by atoms with E-state index in [1.54, 1.807) is 25.3 Å². The van der Waals surface area contributed by atoms with Gasteiger partial charge < -0.3 is 10.5 Å². The Morgan fingerprint density at radius 3 is 2.77 bits per heavy atom. The lowest BCUT2D eigenvalue weighted by Gasteiger charge is -2.12. The predicted octanol–water partition coefficient (Wildman–Crippen LogP) is 2.64. The second-order valence-electron chi connectivity index (χ2n) is 2.73. The van der Waals surface area contributed by atoms with Crippen LogP contribution in [0.4, 0.5) is 0 Å². The molecule has 4 heteroatoms. The van der Waals surface area contributed by atoms with Gasteiger partial charge in [0.1, 0.15) is 0 Å². The van der Waals surface area contributed by atoms with Gasteiger partial charge in [0.25, 0.3) is 0 Å². The lowest BCUT2D eigenvalue weighted by Crippen LogP contribution is -2.16. The molecular weight excluding hydrogens is 209 g/mol. The van der Waals surface area contributed by atoms with Crippen LogP contribution in [0.5, 0.6) is 0 Å². The van der Waals surface area contributed by atoms with Crippen LogP contribution in [0, 0.1) is 0 Å². The summed E-state index contributed by atoms with van der Waals surface area (Å²) in [6.45, 7) is 0.431. The van der Waals surface area contributed by atoms with Crippen molar-refractivity contribution in [3.63, 3.8) is 0 Å². The van der Waals surface area contributed by atoms with E-state index < -0.39 is 0 Å². The molecule has 0 unspecified atom stereocenters. The highest BCUT2D eigenvalue weighted by atomic mass is 35.5. The molecule has 1 atom stereocenters. The van der Waals surface area contributed by atoms with Crippen LogP contribution < -0.4 is 5.73 Å². The van der Waals surface area contributed by atoms with Gasteiger partial charge in [-0.25, -0.2) is 0 Å². The van der Waals surface area contributed by atoms with Gasteiger partial charge in [-0.05, 0) is 23.8 Å². The highest BCUT2D eigenvalue weighted by molar-refractivity contribution is 6.33. The van der Waals surface area contributed by atoms with Crippen LogP contribution in [-0.2, 0) is 4.74 Å². The first-order valence-electron chi connectivity index (χ1n) is 3.84. The Morgan fingerprint density at radius 1 is 1.46 bits per heavy atom. The minimum absolute atomic E-state index is 0.226. The van der Waals surface area contributed by atoms with Crippen LogP contribution in [0.2, 0.25) is 10.0 Å². The predicted molar refractivity (Wildman–Crippen MR) is 55.3 cm³/mol. The third kappa shape index (κ3) is 2.85. The zero-order valence-electron chi connectivity index (χ0n) is 7.26. The highest BCUT2D eigenvalue weighted by Crippen LogP contribution is 2.25. The van der Waals surface area contributed by atoms with Gasteiger partial charge >= 0.3 is 0 Å². The van der Waals surface area contributed by atoms with Crippen molar-refractivity contribution in [1.82, 2.24) is 0 Å². The molecule has 0 spiro atoms. The number of rotatable bonds is 3. The average Bonchev–Trinajstić information content (AvgIpc) is 2.09. The summed E-state index contributed by atoms with van der Waals surface area (Å²) in [5.74, 6) is 0. The van der Waals surface area contributed by atoms with E-state index in [1.807, 2.05) is 0 Å². The summed E-state index contributed by atoms with van der Waals surface area (Å²) < 4.78 is 4.93. The second kappa shape index (κ2) is 4.82. The van der Waals surface area contributed by atoms with Crippen molar-refractivity contribution >= 4 is 23.2 Å². The summed E-state index contributed by atoms with van der Waals surface area (Å²) in [5, 5.41) is 1.25. The Bertz CT molecular complexity index is 291. The van der Waals surface area contributed by atoms with E-state index in [4.69, 9.17) is 33.7 Å². The molecule has 13 heavy (non-hydrogen) atoms. The third-order valence-electron chi connectivity index (χ3n) is 1.70. The Labute approximate surface area is 87.6 Å². The van der Waals surface area contributed by atoms with Crippen LogP contribution in [0.15, 0.2) is 18.2 Å². The Morgan fingerprint density at radius 2 is 2.15 bits per heavy atom. The van der Waals surface area contributed by atoms with Crippen molar-refractivity contribution in [2.75, 3.05) is 13.7 Å². The zero-order chi connectivity index (χ0) is 9.84. The summed E-state index contributed by atoms with van der Waals surface area (Å²) in [6, 6.07) is 4.99. The largest absolute Gasteiger partial charge is 0.383 e. The molecular formula is C9H11Cl2NO. The number of methoxy groups -OCH3 is 1. The molecule has 1 aromatic rings. The molecule has 0 radical (unpaired) electrons. The molecule has 0 saturated heterocycles. The summed E-state index contributed by atoms with van der Waals surface area (Å²) >= 11 is 11.7. The fourth-order valence-corrected chi connectivity index (χ4v) is 1.51. The highest BCUT2D eigenvalue weighted by Gasteiger charge is 2.09. The molecule has 2 N–H and O–H groups in total. The van der Waals surface area contributed by atoms with E-state index in [0.29, 0.717) is 16.7 Å². The van der Waals surface area contributed by atoms with Crippen LogP contribution in [-0.4, -0.2) is 13.7 Å². The quantitative estimate of drug-likeness (QED) is 0.849. The Kier molecular flexibility index (Phi) is 4.00. The first kappa shape index (κ1) is 10.8. The smallest absolute Gasteiger partial charge is 0.0656 e. The van der Waals surface area contributed by atoms with Gasteiger partial charge in [0.05, 0.1) is 12.6 Å². The van der Waals surface area contributed by atoms with E-state index in [1.165, 1.54) is 0 Å². The van der Waals surface area contributed by atoms with Crippen molar-refractivity contribution in [1.29, 1.82) is 0 Å². The van der Waals surface area contributed by atoms with E-state index in [0.717, 1.165) is 5.56 Å². The molecule has 0 fully saturated rings. The summed E-state index contributed by atoms with van der Waals surface area (Å²) in [6.07, 6.45) is 0. The lowest BCUT2D eigenvalue weighted by molar-refractivity contribution is 0.181. The third-order valence-corrected chi connectivity index (χ3v) is 2.28. The Balaban J connectivity index is 2.91. The first-order valence-corrected chi connectivity index (χ1v) is 4.60. The SMILES string of the molecule is COC[C@H](N)c1cc(Cl)ccc1Cl. The fraction of sp³-hybridized carbons (Fsp3) is 0.333. The fourth-order valence-electron chi connectivity index (χ4n) is 1.07. The molecule has 0 bridgehead atoms. The zero-order valence-corrected chi connectivity index (χ0v) is 8.77. The molecule has 0 amide bonds. The second-order valence-corrected chi connectivity index (χ2v) is 3.57. The molecule has 0 aliphatic carbocycles. The van der Waals surface area contributed by atoms with Crippen molar-refractivity contribution in [3.05, 3.63) is 33.8 Å². The van der Waals surface area contributed by atoms with Gasteiger partial charge in [-0.1, -0.05) is 23.2 Å². The molecule has 1 rings (SSSR count). The molecule has 0 aromatic heterocycles. The maximum Gasteiger partial charge on any atom is 0.0656 e. The number of halogens is 2. The average molecular weight is 220 g/mol. The maximum absolute atomic E-state index is 5.93. The van der Waals surface area contributed by atoms with E-state index in [9.17, 15) is 0 Å². The van der Waals surface area contributed by atoms with Gasteiger partial charge in [0, 0.05) is 17.2 Å². The monoisotopic (exact) mass is 219 g/mol. The topological polar surface area (TPSA) is 35.2 Å². The minimum atomic E-state index is -0.226. The normalized spacial score (nSPS) is 12.9. The molecule has 0 saturated carbocycles. The number of hydrogen-bond donors (Lipinski definition) is 1. The molecule has 0 aliphatic heterocycles. The lowest BCUT2D eigenvalue weighted by atomic mass is 10.1. The van der Waals surface area contributed by atoms with Gasteiger partial charge in [0.15, 0.2) is 0 Å². The van der Waals surface area contributed by atoms with E-state index in [-0.39, 0.29) is 6.04 Å². The van der Waals surface area contributed by atoms with Crippen LogP contribution in [0.1, 0.15) is 11.6 Å². The maximum atomic E-state index is 5.93. The Hall–Kier alpha value is -0.280. The molecule has 0 heterocycles. The number of benzene rings is 1. The molecule has 2 nitrogen and oxygen atoms in total. The van der Waals surface area contributed by atoms with Crippen molar-refractivity contribution in [2.45, 2.75) is 6.04 Å². The number of ether oxygens (including phenoxy) is 1. The van der Waals surface area contributed by atoms with Gasteiger partial charge in [0.2, 0.25) is 0 Å². The van der Waals surface area contributed by atoms with Crippen molar-refractivity contribution in [2.24, 2.45) is 5.73 Å². The van der Waals surface area contributed by atoms with Gasteiger partial charge in [-0.2, -0.15) is 0 Å². The minimum Gasteiger partial charge on any atom is -0.383 e. The number of hydrogen-bond acceptors (Lipinski definition) is 2. The summed E-state index contributed by atoms with van der Waals surface area (Å²) in [7, 11) is 1.60. The summed E-state index contributed by atoms with van der Waals surface area (Å²) in [4.78, 5) is 0. The molecule has 0 aliphatic rings. The van der Waals surface area contributed by atoms with Crippen molar-refractivity contribution in [3.8, 4) is 0 Å². The van der Waals surface area contributed by atoms with E-state index >= 15 is 0 Å².